The van der Waals surface area contributed by atoms with Gasteiger partial charge in [-0.3, -0.25) is 4.79 Å². The summed E-state index contributed by atoms with van der Waals surface area (Å²) in [6.07, 6.45) is 3.60. The maximum atomic E-state index is 12.6. The van der Waals surface area contributed by atoms with Gasteiger partial charge >= 0.3 is 0 Å². The molecule has 3 N–H and O–H groups in total. The van der Waals surface area contributed by atoms with Crippen LogP contribution >= 0.6 is 12.4 Å². The number of anilines is 2. The molecule has 162 valence electrons. The molecule has 2 fully saturated rings. The second-order valence-corrected chi connectivity index (χ2v) is 7.49. The molecule has 0 spiro atoms. The van der Waals surface area contributed by atoms with Gasteiger partial charge in [0, 0.05) is 50.4 Å². The van der Waals surface area contributed by atoms with Gasteiger partial charge in [-0.05, 0) is 30.5 Å². The van der Waals surface area contributed by atoms with Crippen molar-refractivity contribution in [2.45, 2.75) is 25.4 Å². The minimum atomic E-state index is -0.0443. The van der Waals surface area contributed by atoms with Gasteiger partial charge < -0.3 is 25.6 Å². The van der Waals surface area contributed by atoms with Crippen molar-refractivity contribution in [1.82, 2.24) is 15.3 Å². The minimum Gasteiger partial charge on any atom is -0.378 e. The molecule has 0 aliphatic carbocycles. The van der Waals surface area contributed by atoms with Crippen LogP contribution in [0.4, 0.5) is 11.6 Å². The van der Waals surface area contributed by atoms with Crippen LogP contribution in [0, 0.1) is 0 Å². The molecule has 30 heavy (non-hydrogen) atoms. The summed E-state index contributed by atoms with van der Waals surface area (Å²) < 4.78 is 5.43. The highest BCUT2D eigenvalue weighted by molar-refractivity contribution is 5.94. The Bertz CT molecular complexity index is 829. The van der Waals surface area contributed by atoms with Gasteiger partial charge in [-0.15, -0.1) is 12.4 Å². The number of carbonyl (C=O) groups is 1. The molecule has 1 aromatic heterocycles. The van der Waals surface area contributed by atoms with Crippen molar-refractivity contribution in [3.8, 4) is 0 Å². The number of nitrogens with one attached hydrogen (secondary N) is 1. The molecule has 9 heteroatoms. The molecule has 0 saturated carbocycles. The summed E-state index contributed by atoms with van der Waals surface area (Å²) in [7, 11) is 0. The van der Waals surface area contributed by atoms with Crippen molar-refractivity contribution in [2.75, 3.05) is 49.2 Å². The van der Waals surface area contributed by atoms with E-state index in [1.807, 2.05) is 30.3 Å². The fraction of sp³-hybridized carbons (Fsp3) is 0.476. The number of morpholine rings is 1. The van der Waals surface area contributed by atoms with Crippen LogP contribution in [0.3, 0.4) is 0 Å². The number of nitrogens with zero attached hydrogens (tertiary/aromatic N) is 4. The predicted octanol–water partition coefficient (Wildman–Crippen LogP) is 1.59. The molecule has 1 atom stereocenters. The monoisotopic (exact) mass is 432 g/mol. The summed E-state index contributed by atoms with van der Waals surface area (Å²) in [6.45, 7) is 5.29. The van der Waals surface area contributed by atoms with Gasteiger partial charge in [0.1, 0.15) is 18.0 Å². The molecule has 1 amide bonds. The van der Waals surface area contributed by atoms with Crippen LogP contribution in [0.5, 0.6) is 0 Å². The lowest BCUT2D eigenvalue weighted by Gasteiger charge is -2.34. The van der Waals surface area contributed by atoms with E-state index < -0.39 is 0 Å². The number of ether oxygens (including phenoxy) is 1. The van der Waals surface area contributed by atoms with Gasteiger partial charge in [0.25, 0.3) is 5.91 Å². The second kappa shape index (κ2) is 10.6. The fourth-order valence-corrected chi connectivity index (χ4v) is 3.84. The van der Waals surface area contributed by atoms with E-state index in [-0.39, 0.29) is 24.4 Å². The van der Waals surface area contributed by atoms with E-state index in [2.05, 4.69) is 25.1 Å². The van der Waals surface area contributed by atoms with Crippen molar-refractivity contribution in [3.05, 3.63) is 47.8 Å². The molecule has 3 heterocycles. The zero-order valence-corrected chi connectivity index (χ0v) is 17.8. The normalized spacial score (nSPS) is 19.2. The van der Waals surface area contributed by atoms with Gasteiger partial charge in [0.05, 0.1) is 13.2 Å². The van der Waals surface area contributed by atoms with Crippen LogP contribution < -0.4 is 20.9 Å². The van der Waals surface area contributed by atoms with E-state index in [0.717, 1.165) is 69.4 Å². The molecule has 0 radical (unpaired) electrons. The highest BCUT2D eigenvalue weighted by Gasteiger charge is 2.24. The summed E-state index contributed by atoms with van der Waals surface area (Å²) in [4.78, 5) is 26.0. The second-order valence-electron chi connectivity index (χ2n) is 7.49. The van der Waals surface area contributed by atoms with Crippen LogP contribution in [0.1, 0.15) is 28.8 Å². The van der Waals surface area contributed by atoms with Gasteiger partial charge in [0.15, 0.2) is 0 Å². The predicted molar refractivity (Wildman–Crippen MR) is 119 cm³/mol. The van der Waals surface area contributed by atoms with E-state index in [4.69, 9.17) is 10.5 Å². The fourth-order valence-electron chi connectivity index (χ4n) is 3.84. The van der Waals surface area contributed by atoms with Crippen molar-refractivity contribution >= 4 is 29.9 Å². The molecule has 1 aromatic carbocycles. The maximum absolute atomic E-state index is 12.6. The van der Waals surface area contributed by atoms with Gasteiger partial charge in [-0.1, -0.05) is 12.1 Å². The number of hydrogen-bond acceptors (Lipinski definition) is 7. The molecule has 2 aliphatic rings. The molecule has 2 aromatic rings. The Morgan fingerprint density at radius 1 is 1.10 bits per heavy atom. The van der Waals surface area contributed by atoms with Gasteiger partial charge in [-0.2, -0.15) is 0 Å². The van der Waals surface area contributed by atoms with Crippen molar-refractivity contribution in [2.24, 2.45) is 5.73 Å². The molecule has 4 rings (SSSR count). The Kier molecular flexibility index (Phi) is 7.84. The number of aromatic nitrogens is 2. The van der Waals surface area contributed by atoms with Crippen LogP contribution in [0.15, 0.2) is 36.7 Å². The smallest absolute Gasteiger partial charge is 0.251 e. The molecule has 1 unspecified atom stereocenters. The first-order chi connectivity index (χ1) is 14.2. The van der Waals surface area contributed by atoms with Crippen LogP contribution in [0.25, 0.3) is 0 Å². The average Bonchev–Trinajstić information content (AvgIpc) is 2.80. The summed E-state index contributed by atoms with van der Waals surface area (Å²) >= 11 is 0. The van der Waals surface area contributed by atoms with E-state index in [1.54, 1.807) is 6.33 Å². The van der Waals surface area contributed by atoms with Crippen LogP contribution in [0.2, 0.25) is 0 Å². The van der Waals surface area contributed by atoms with Crippen molar-refractivity contribution in [3.63, 3.8) is 0 Å². The largest absolute Gasteiger partial charge is 0.378 e. The highest BCUT2D eigenvalue weighted by Crippen LogP contribution is 2.22. The number of piperidine rings is 1. The minimum absolute atomic E-state index is 0. The van der Waals surface area contributed by atoms with Crippen molar-refractivity contribution in [1.29, 1.82) is 0 Å². The van der Waals surface area contributed by atoms with Crippen LogP contribution in [-0.4, -0.2) is 61.3 Å². The maximum Gasteiger partial charge on any atom is 0.251 e. The molecule has 0 bridgehead atoms. The zero-order chi connectivity index (χ0) is 20.1. The number of halogens is 1. The van der Waals surface area contributed by atoms with E-state index >= 15 is 0 Å². The number of benzene rings is 1. The van der Waals surface area contributed by atoms with Crippen molar-refractivity contribution < 1.29 is 9.53 Å². The Hall–Kier alpha value is -2.42. The zero-order valence-electron chi connectivity index (χ0n) is 17.0. The van der Waals surface area contributed by atoms with E-state index in [9.17, 15) is 4.79 Å². The lowest BCUT2D eigenvalue weighted by atomic mass is 10.0. The molecular formula is C21H29ClN6O2. The number of rotatable bonds is 5. The summed E-state index contributed by atoms with van der Waals surface area (Å²) in [5, 5.41) is 3.17. The van der Waals surface area contributed by atoms with E-state index in [1.165, 1.54) is 0 Å². The molecule has 8 nitrogen and oxygen atoms in total. The van der Waals surface area contributed by atoms with Crippen LogP contribution in [-0.2, 0) is 11.3 Å². The van der Waals surface area contributed by atoms with Gasteiger partial charge in [0.2, 0.25) is 0 Å². The third kappa shape index (κ3) is 5.38. The van der Waals surface area contributed by atoms with Gasteiger partial charge in [-0.25, -0.2) is 9.97 Å². The standard InChI is InChI=1S/C21H28N6O2.ClH/c22-13-16-3-5-17(6-4-16)21(28)25-18-2-1-7-27(14-18)20-12-19(23-15-24-20)26-8-10-29-11-9-26;/h3-6,12,15,18H,1-2,7-11,13-14,22H2,(H,25,28);1H. The topological polar surface area (TPSA) is 96.6 Å². The first-order valence-corrected chi connectivity index (χ1v) is 10.2. The van der Waals surface area contributed by atoms with E-state index in [0.29, 0.717) is 12.1 Å². The molecule has 2 aliphatic heterocycles. The Labute approximate surface area is 183 Å². The summed E-state index contributed by atoms with van der Waals surface area (Å²) in [5.41, 5.74) is 7.31. The number of carbonyl (C=O) groups excluding carboxylic acids is 1. The Balaban J connectivity index is 0.00000256. The first-order valence-electron chi connectivity index (χ1n) is 10.2. The third-order valence-corrected chi connectivity index (χ3v) is 5.51. The quantitative estimate of drug-likeness (QED) is 0.740. The molecular weight excluding hydrogens is 404 g/mol. The lowest BCUT2D eigenvalue weighted by molar-refractivity contribution is 0.0933. The molecule has 2 saturated heterocycles. The summed E-state index contributed by atoms with van der Waals surface area (Å²) in [6, 6.07) is 9.59. The summed E-state index contributed by atoms with van der Waals surface area (Å²) in [5.74, 6) is 1.80. The first kappa shape index (κ1) is 22.3. The number of amides is 1. The SMILES string of the molecule is Cl.NCc1ccc(C(=O)NC2CCCN(c3cc(N4CCOCC4)ncn3)C2)cc1. The Morgan fingerprint density at radius 2 is 1.80 bits per heavy atom. The highest BCUT2D eigenvalue weighted by atomic mass is 35.5. The number of nitrogens with two attached hydrogens (primary N) is 1. The average molecular weight is 433 g/mol. The lowest BCUT2D eigenvalue weighted by Crippen LogP contribution is -2.48. The Morgan fingerprint density at radius 3 is 2.50 bits per heavy atom. The third-order valence-electron chi connectivity index (χ3n) is 5.51. The number of hydrogen-bond donors (Lipinski definition) is 2.